The van der Waals surface area contributed by atoms with Crippen LogP contribution in [-0.2, 0) is 17.8 Å². The fourth-order valence-corrected chi connectivity index (χ4v) is 4.67. The lowest BCUT2D eigenvalue weighted by Crippen LogP contribution is -2.53. The van der Waals surface area contributed by atoms with Gasteiger partial charge in [0.05, 0.1) is 13.1 Å². The zero-order chi connectivity index (χ0) is 15.6. The number of nitrogens with zero attached hydrogens (tertiary/aromatic N) is 4. The Morgan fingerprint density at radius 1 is 1.22 bits per heavy atom. The molecule has 0 aromatic carbocycles. The van der Waals surface area contributed by atoms with Gasteiger partial charge in [0.15, 0.2) is 0 Å². The average Bonchev–Trinajstić information content (AvgIpc) is 3.07. The van der Waals surface area contributed by atoms with Crippen molar-refractivity contribution in [2.24, 2.45) is 5.92 Å². The van der Waals surface area contributed by atoms with Crippen molar-refractivity contribution in [3.05, 3.63) is 12.2 Å². The lowest BCUT2D eigenvalue weighted by molar-refractivity contribution is -0.136. The highest BCUT2D eigenvalue weighted by Gasteiger charge is 2.35. The van der Waals surface area contributed by atoms with Crippen LogP contribution in [0.3, 0.4) is 0 Å². The third-order valence-electron chi connectivity index (χ3n) is 5.91. The molecular weight excluding hydrogens is 290 g/mol. The van der Waals surface area contributed by atoms with Crippen molar-refractivity contribution in [2.45, 2.75) is 70.0 Å². The second-order valence-corrected chi connectivity index (χ2v) is 7.32. The van der Waals surface area contributed by atoms with Crippen molar-refractivity contribution >= 4 is 5.91 Å². The smallest absolute Gasteiger partial charge is 0.236 e. The standard InChI is InChI=1S/C17H27N5O/c23-17(21-9-3-5-13-4-1-2-6-15(13)21)10-18-14-7-8-16-19-12-20-22(16)11-14/h12-15,18H,1-11H2/t13-,14-,15-/m1/s1. The van der Waals surface area contributed by atoms with E-state index < -0.39 is 0 Å². The molecule has 0 radical (unpaired) electrons. The number of piperidine rings is 1. The minimum absolute atomic E-state index is 0.297. The van der Waals surface area contributed by atoms with Gasteiger partial charge in [-0.1, -0.05) is 12.8 Å². The number of aryl methyl sites for hydroxylation is 1. The summed E-state index contributed by atoms with van der Waals surface area (Å²) in [5.74, 6) is 2.12. The molecule has 3 heterocycles. The predicted molar refractivity (Wildman–Crippen MR) is 86.8 cm³/mol. The molecule has 1 aromatic heterocycles. The van der Waals surface area contributed by atoms with Crippen LogP contribution in [0, 0.1) is 5.92 Å². The van der Waals surface area contributed by atoms with E-state index in [0.29, 0.717) is 24.5 Å². The molecular formula is C17H27N5O. The minimum Gasteiger partial charge on any atom is -0.338 e. The maximum atomic E-state index is 12.7. The molecule has 1 N–H and O–H groups in total. The molecule has 3 aliphatic rings. The second kappa shape index (κ2) is 6.59. The third-order valence-corrected chi connectivity index (χ3v) is 5.91. The van der Waals surface area contributed by atoms with Gasteiger partial charge in [-0.15, -0.1) is 0 Å². The van der Waals surface area contributed by atoms with Crippen LogP contribution < -0.4 is 5.32 Å². The maximum Gasteiger partial charge on any atom is 0.236 e. The van der Waals surface area contributed by atoms with Crippen LogP contribution in [0.25, 0.3) is 0 Å². The molecule has 1 amide bonds. The van der Waals surface area contributed by atoms with Crippen LogP contribution in [0.1, 0.15) is 50.8 Å². The predicted octanol–water partition coefficient (Wildman–Crippen LogP) is 1.36. The number of aromatic nitrogens is 3. The van der Waals surface area contributed by atoms with E-state index in [1.54, 1.807) is 6.33 Å². The number of amides is 1. The first-order valence-electron chi connectivity index (χ1n) is 9.21. The number of fused-ring (bicyclic) bond motifs is 2. The van der Waals surface area contributed by atoms with E-state index in [9.17, 15) is 4.79 Å². The van der Waals surface area contributed by atoms with Crippen molar-refractivity contribution in [2.75, 3.05) is 13.1 Å². The van der Waals surface area contributed by atoms with Gasteiger partial charge in [-0.25, -0.2) is 9.67 Å². The average molecular weight is 317 g/mol. The monoisotopic (exact) mass is 317 g/mol. The summed E-state index contributed by atoms with van der Waals surface area (Å²) >= 11 is 0. The van der Waals surface area contributed by atoms with E-state index in [2.05, 4.69) is 20.3 Å². The number of carbonyl (C=O) groups is 1. The maximum absolute atomic E-state index is 12.7. The van der Waals surface area contributed by atoms with E-state index in [0.717, 1.165) is 37.7 Å². The summed E-state index contributed by atoms with van der Waals surface area (Å²) in [6.07, 6.45) is 11.3. The number of nitrogens with one attached hydrogen (secondary N) is 1. The molecule has 126 valence electrons. The van der Waals surface area contributed by atoms with E-state index >= 15 is 0 Å². The molecule has 1 aliphatic carbocycles. The van der Waals surface area contributed by atoms with E-state index in [1.807, 2.05) is 4.68 Å². The zero-order valence-electron chi connectivity index (χ0n) is 13.8. The number of hydrogen-bond acceptors (Lipinski definition) is 4. The van der Waals surface area contributed by atoms with Crippen LogP contribution in [0.2, 0.25) is 0 Å². The van der Waals surface area contributed by atoms with Crippen molar-refractivity contribution in [1.29, 1.82) is 0 Å². The first-order chi connectivity index (χ1) is 11.3. The Balaban J connectivity index is 1.31. The summed E-state index contributed by atoms with van der Waals surface area (Å²) in [4.78, 5) is 19.2. The molecule has 6 heteroatoms. The Morgan fingerprint density at radius 3 is 3.04 bits per heavy atom. The van der Waals surface area contributed by atoms with Gasteiger partial charge >= 0.3 is 0 Å². The van der Waals surface area contributed by atoms with Gasteiger partial charge in [-0.05, 0) is 38.0 Å². The first kappa shape index (κ1) is 15.1. The van der Waals surface area contributed by atoms with E-state index in [1.165, 1.54) is 38.5 Å². The molecule has 0 unspecified atom stereocenters. The van der Waals surface area contributed by atoms with Crippen LogP contribution in [-0.4, -0.2) is 50.7 Å². The number of carbonyl (C=O) groups excluding carboxylic acids is 1. The molecule has 0 bridgehead atoms. The number of likely N-dealkylation sites (tertiary alicyclic amines) is 1. The molecule has 4 rings (SSSR count). The Bertz CT molecular complexity index is 555. The normalized spacial score (nSPS) is 30.6. The van der Waals surface area contributed by atoms with Crippen molar-refractivity contribution in [3.63, 3.8) is 0 Å². The highest BCUT2D eigenvalue weighted by Crippen LogP contribution is 2.35. The summed E-state index contributed by atoms with van der Waals surface area (Å²) < 4.78 is 1.96. The molecule has 3 atom stereocenters. The van der Waals surface area contributed by atoms with Gasteiger partial charge in [0.2, 0.25) is 5.91 Å². The van der Waals surface area contributed by atoms with Crippen molar-refractivity contribution < 1.29 is 4.79 Å². The molecule has 1 saturated heterocycles. The van der Waals surface area contributed by atoms with Crippen LogP contribution in [0.5, 0.6) is 0 Å². The van der Waals surface area contributed by atoms with Gasteiger partial charge in [-0.2, -0.15) is 5.10 Å². The lowest BCUT2D eigenvalue weighted by Gasteiger charge is -2.44. The van der Waals surface area contributed by atoms with Crippen molar-refractivity contribution in [1.82, 2.24) is 25.0 Å². The highest BCUT2D eigenvalue weighted by atomic mass is 16.2. The number of hydrogen-bond donors (Lipinski definition) is 1. The molecule has 1 saturated carbocycles. The van der Waals surface area contributed by atoms with Crippen LogP contribution >= 0.6 is 0 Å². The largest absolute Gasteiger partial charge is 0.338 e. The zero-order valence-corrected chi connectivity index (χ0v) is 13.8. The molecule has 23 heavy (non-hydrogen) atoms. The van der Waals surface area contributed by atoms with Gasteiger partial charge in [0.1, 0.15) is 12.2 Å². The third kappa shape index (κ3) is 3.13. The van der Waals surface area contributed by atoms with Crippen molar-refractivity contribution in [3.8, 4) is 0 Å². The fraction of sp³-hybridized carbons (Fsp3) is 0.824. The van der Waals surface area contributed by atoms with Gasteiger partial charge in [-0.3, -0.25) is 4.79 Å². The lowest BCUT2D eigenvalue weighted by atomic mass is 9.78. The van der Waals surface area contributed by atoms with Gasteiger partial charge in [0.25, 0.3) is 0 Å². The molecule has 2 fully saturated rings. The molecule has 2 aliphatic heterocycles. The number of rotatable bonds is 3. The summed E-state index contributed by atoms with van der Waals surface area (Å²) in [5, 5.41) is 7.71. The quantitative estimate of drug-likeness (QED) is 0.914. The minimum atomic E-state index is 0.297. The summed E-state index contributed by atoms with van der Waals surface area (Å²) in [5.41, 5.74) is 0. The summed E-state index contributed by atoms with van der Waals surface area (Å²) in [7, 11) is 0. The SMILES string of the molecule is O=C(CN[C@@H]1CCc2ncnn2C1)N1CCC[C@H]2CCCC[C@H]21. The fourth-order valence-electron chi connectivity index (χ4n) is 4.67. The molecule has 0 spiro atoms. The van der Waals surface area contributed by atoms with Gasteiger partial charge < -0.3 is 10.2 Å². The molecule has 6 nitrogen and oxygen atoms in total. The summed E-state index contributed by atoms with van der Waals surface area (Å²) in [6.45, 7) is 2.26. The van der Waals surface area contributed by atoms with Crippen LogP contribution in [0.4, 0.5) is 0 Å². The summed E-state index contributed by atoms with van der Waals surface area (Å²) in [6, 6.07) is 0.847. The second-order valence-electron chi connectivity index (χ2n) is 7.32. The Labute approximate surface area is 137 Å². The highest BCUT2D eigenvalue weighted by molar-refractivity contribution is 5.78. The Kier molecular flexibility index (Phi) is 4.33. The Morgan fingerprint density at radius 2 is 2.09 bits per heavy atom. The topological polar surface area (TPSA) is 63.1 Å². The first-order valence-corrected chi connectivity index (χ1v) is 9.21. The van der Waals surface area contributed by atoms with Crippen LogP contribution in [0.15, 0.2) is 6.33 Å². The Hall–Kier alpha value is -1.43. The molecule has 1 aromatic rings. The van der Waals surface area contributed by atoms with E-state index in [4.69, 9.17) is 0 Å². The van der Waals surface area contributed by atoms with E-state index in [-0.39, 0.29) is 0 Å². The van der Waals surface area contributed by atoms with Gasteiger partial charge in [0, 0.05) is 25.0 Å².